The minimum atomic E-state index is -0.148. The number of hydrogen-bond acceptors (Lipinski definition) is 3. The van der Waals surface area contributed by atoms with Crippen LogP contribution >= 0.6 is 0 Å². The Hall–Kier alpha value is -3.60. The number of amides is 1. The monoisotopic (exact) mass is 357 g/mol. The summed E-state index contributed by atoms with van der Waals surface area (Å²) in [7, 11) is 0. The van der Waals surface area contributed by atoms with Crippen molar-refractivity contribution in [3.05, 3.63) is 84.6 Å². The van der Waals surface area contributed by atoms with Crippen LogP contribution in [-0.2, 0) is 0 Å². The number of carbonyl (C=O) groups excluding carboxylic acids is 1. The highest BCUT2D eigenvalue weighted by molar-refractivity contribution is 6.05. The molecule has 134 valence electrons. The molecular weight excluding hydrogens is 338 g/mol. The molecule has 1 heterocycles. The van der Waals surface area contributed by atoms with Gasteiger partial charge in [-0.2, -0.15) is 5.10 Å². The average Bonchev–Trinajstić information content (AvgIpc) is 3.21. The van der Waals surface area contributed by atoms with Crippen LogP contribution in [0.5, 0.6) is 5.75 Å². The minimum Gasteiger partial charge on any atom is -0.491 e. The smallest absolute Gasteiger partial charge is 0.253 e. The standard InChI is InChI=1S/C22H19N3O2/c26-22(19-11-6-9-17-15-24-25-21(17)19)23-13-14-27-20-12-5-4-10-18(20)16-7-2-1-3-8-16/h1-12,15H,13-14H2,(H,23,26)(H,24,25). The van der Waals surface area contributed by atoms with Gasteiger partial charge in [-0.05, 0) is 17.7 Å². The van der Waals surface area contributed by atoms with Crippen LogP contribution in [0.25, 0.3) is 22.0 Å². The van der Waals surface area contributed by atoms with Crippen molar-refractivity contribution in [1.29, 1.82) is 0 Å². The van der Waals surface area contributed by atoms with Gasteiger partial charge in [-0.25, -0.2) is 0 Å². The van der Waals surface area contributed by atoms with Gasteiger partial charge < -0.3 is 10.1 Å². The number of fused-ring (bicyclic) bond motifs is 1. The fourth-order valence-corrected chi connectivity index (χ4v) is 3.03. The van der Waals surface area contributed by atoms with E-state index in [2.05, 4.69) is 27.6 Å². The zero-order valence-corrected chi connectivity index (χ0v) is 14.7. The predicted octanol–water partition coefficient (Wildman–Crippen LogP) is 4.04. The summed E-state index contributed by atoms with van der Waals surface area (Å²) in [6.45, 7) is 0.793. The Balaban J connectivity index is 1.38. The summed E-state index contributed by atoms with van der Waals surface area (Å²) < 4.78 is 5.92. The Morgan fingerprint density at radius 2 is 1.78 bits per heavy atom. The Morgan fingerprint density at radius 1 is 0.963 bits per heavy atom. The number of aromatic amines is 1. The number of H-pyrrole nitrogens is 1. The van der Waals surface area contributed by atoms with Crippen LogP contribution in [0, 0.1) is 0 Å². The number of benzene rings is 3. The molecule has 5 heteroatoms. The number of nitrogens with zero attached hydrogens (tertiary/aromatic N) is 1. The van der Waals surface area contributed by atoms with Crippen molar-refractivity contribution in [2.45, 2.75) is 0 Å². The predicted molar refractivity (Wildman–Crippen MR) is 106 cm³/mol. The molecule has 0 unspecified atom stereocenters. The first-order chi connectivity index (χ1) is 13.3. The van der Waals surface area contributed by atoms with Crippen LogP contribution in [0.1, 0.15) is 10.4 Å². The molecule has 0 bridgehead atoms. The van der Waals surface area contributed by atoms with Gasteiger partial charge in [0.1, 0.15) is 12.4 Å². The van der Waals surface area contributed by atoms with Gasteiger partial charge >= 0.3 is 0 Å². The van der Waals surface area contributed by atoms with E-state index in [0.717, 1.165) is 27.8 Å². The lowest BCUT2D eigenvalue weighted by Gasteiger charge is -2.12. The van der Waals surface area contributed by atoms with E-state index in [0.29, 0.717) is 18.7 Å². The molecular formula is C22H19N3O2. The van der Waals surface area contributed by atoms with Gasteiger partial charge in [-0.1, -0.05) is 60.7 Å². The largest absolute Gasteiger partial charge is 0.491 e. The maximum atomic E-state index is 12.4. The van der Waals surface area contributed by atoms with E-state index >= 15 is 0 Å². The van der Waals surface area contributed by atoms with Gasteiger partial charge in [0.15, 0.2) is 0 Å². The Bertz CT molecular complexity index is 1060. The van der Waals surface area contributed by atoms with Crippen molar-refractivity contribution >= 4 is 16.8 Å². The second kappa shape index (κ2) is 7.74. The number of rotatable bonds is 6. The van der Waals surface area contributed by atoms with Crippen molar-refractivity contribution in [2.75, 3.05) is 13.2 Å². The Morgan fingerprint density at radius 3 is 2.67 bits per heavy atom. The van der Waals surface area contributed by atoms with E-state index in [1.54, 1.807) is 12.3 Å². The molecule has 0 aliphatic rings. The van der Waals surface area contributed by atoms with Crippen LogP contribution < -0.4 is 10.1 Å². The first kappa shape index (κ1) is 16.8. The van der Waals surface area contributed by atoms with E-state index in [1.165, 1.54) is 0 Å². The number of para-hydroxylation sites is 2. The molecule has 4 rings (SSSR count). The van der Waals surface area contributed by atoms with Gasteiger partial charge in [0.05, 0.1) is 23.8 Å². The second-order valence-corrected chi connectivity index (χ2v) is 6.11. The topological polar surface area (TPSA) is 67.0 Å². The Kier molecular flexibility index (Phi) is 4.83. The van der Waals surface area contributed by atoms with Crippen molar-refractivity contribution in [3.63, 3.8) is 0 Å². The third kappa shape index (κ3) is 3.67. The first-order valence-corrected chi connectivity index (χ1v) is 8.80. The molecule has 0 aliphatic heterocycles. The number of aromatic nitrogens is 2. The molecule has 2 N–H and O–H groups in total. The summed E-state index contributed by atoms with van der Waals surface area (Å²) in [5.74, 6) is 0.651. The molecule has 0 spiro atoms. The van der Waals surface area contributed by atoms with Crippen molar-refractivity contribution in [3.8, 4) is 16.9 Å². The molecule has 0 fully saturated rings. The fourth-order valence-electron chi connectivity index (χ4n) is 3.03. The van der Waals surface area contributed by atoms with Gasteiger partial charge in [-0.3, -0.25) is 9.89 Å². The molecule has 0 saturated heterocycles. The lowest BCUT2D eigenvalue weighted by Crippen LogP contribution is -2.28. The number of hydrogen-bond donors (Lipinski definition) is 2. The number of ether oxygens (including phenoxy) is 1. The lowest BCUT2D eigenvalue weighted by atomic mass is 10.1. The lowest BCUT2D eigenvalue weighted by molar-refractivity contribution is 0.0948. The van der Waals surface area contributed by atoms with Crippen LogP contribution in [0.15, 0.2) is 79.0 Å². The molecule has 0 aliphatic carbocycles. The van der Waals surface area contributed by atoms with E-state index in [1.807, 2.05) is 54.6 Å². The highest BCUT2D eigenvalue weighted by Gasteiger charge is 2.11. The van der Waals surface area contributed by atoms with Crippen LogP contribution in [0.4, 0.5) is 0 Å². The van der Waals surface area contributed by atoms with Crippen LogP contribution in [0.3, 0.4) is 0 Å². The summed E-state index contributed by atoms with van der Waals surface area (Å²) in [6.07, 6.45) is 1.70. The SMILES string of the molecule is O=C(NCCOc1ccccc1-c1ccccc1)c1cccc2cn[nH]c12. The van der Waals surface area contributed by atoms with E-state index in [4.69, 9.17) is 4.74 Å². The number of carbonyl (C=O) groups is 1. The molecule has 0 saturated carbocycles. The average molecular weight is 357 g/mol. The molecule has 4 aromatic rings. The van der Waals surface area contributed by atoms with E-state index in [9.17, 15) is 4.79 Å². The molecule has 3 aromatic carbocycles. The van der Waals surface area contributed by atoms with Crippen molar-refractivity contribution < 1.29 is 9.53 Å². The van der Waals surface area contributed by atoms with Gasteiger partial charge in [-0.15, -0.1) is 0 Å². The molecule has 5 nitrogen and oxygen atoms in total. The third-order valence-corrected chi connectivity index (χ3v) is 4.34. The summed E-state index contributed by atoms with van der Waals surface area (Å²) in [5, 5.41) is 10.7. The number of nitrogens with one attached hydrogen (secondary N) is 2. The quantitative estimate of drug-likeness (QED) is 0.512. The highest BCUT2D eigenvalue weighted by Crippen LogP contribution is 2.29. The zero-order chi connectivity index (χ0) is 18.5. The van der Waals surface area contributed by atoms with Gasteiger partial charge in [0.2, 0.25) is 0 Å². The highest BCUT2D eigenvalue weighted by atomic mass is 16.5. The normalized spacial score (nSPS) is 10.7. The van der Waals surface area contributed by atoms with Crippen molar-refractivity contribution in [2.24, 2.45) is 0 Å². The van der Waals surface area contributed by atoms with Crippen LogP contribution in [0.2, 0.25) is 0 Å². The summed E-state index contributed by atoms with van der Waals surface area (Å²) in [4.78, 5) is 12.4. The molecule has 27 heavy (non-hydrogen) atoms. The van der Waals surface area contributed by atoms with E-state index in [-0.39, 0.29) is 5.91 Å². The molecule has 0 radical (unpaired) electrons. The molecule has 0 atom stereocenters. The maximum absolute atomic E-state index is 12.4. The minimum absolute atomic E-state index is 0.148. The molecule has 1 amide bonds. The van der Waals surface area contributed by atoms with Gasteiger partial charge in [0, 0.05) is 10.9 Å². The van der Waals surface area contributed by atoms with Crippen molar-refractivity contribution in [1.82, 2.24) is 15.5 Å². The maximum Gasteiger partial charge on any atom is 0.253 e. The van der Waals surface area contributed by atoms with Gasteiger partial charge in [0.25, 0.3) is 5.91 Å². The second-order valence-electron chi connectivity index (χ2n) is 6.11. The zero-order valence-electron chi connectivity index (χ0n) is 14.7. The summed E-state index contributed by atoms with van der Waals surface area (Å²) in [5.41, 5.74) is 3.45. The fraction of sp³-hybridized carbons (Fsp3) is 0.0909. The Labute approximate surface area is 157 Å². The summed E-state index contributed by atoms with van der Waals surface area (Å²) >= 11 is 0. The first-order valence-electron chi connectivity index (χ1n) is 8.80. The third-order valence-electron chi connectivity index (χ3n) is 4.34. The van der Waals surface area contributed by atoms with Crippen LogP contribution in [-0.4, -0.2) is 29.3 Å². The molecule has 1 aromatic heterocycles. The van der Waals surface area contributed by atoms with E-state index < -0.39 is 0 Å². The summed E-state index contributed by atoms with van der Waals surface area (Å²) in [6, 6.07) is 23.5.